The molecule has 69 heavy (non-hydrogen) atoms. The van der Waals surface area contributed by atoms with E-state index in [4.69, 9.17) is 14.5 Å². The fraction of sp³-hybridized carbons (Fsp3) is 0.547. The number of cyclic esters (lactones) is 1. The summed E-state index contributed by atoms with van der Waals surface area (Å²) >= 11 is 0. The summed E-state index contributed by atoms with van der Waals surface area (Å²) in [5.41, 5.74) is 9.62. The summed E-state index contributed by atoms with van der Waals surface area (Å²) in [4.78, 5) is 79.6. The summed E-state index contributed by atoms with van der Waals surface area (Å²) in [5.74, 6) is -3.06. The molecule has 2 aromatic heterocycles. The van der Waals surface area contributed by atoms with E-state index >= 15 is 0 Å². The van der Waals surface area contributed by atoms with Gasteiger partial charge in [0.2, 0.25) is 17.7 Å². The largest absolute Gasteiger partial charge is 0.508 e. The number of carbonyl (C=O) groups excluding carboxylic acids is 5. The molecule has 368 valence electrons. The van der Waals surface area contributed by atoms with Gasteiger partial charge in [-0.25, -0.2) is 5.43 Å². The molecule has 16 heteroatoms. The monoisotopic (exact) mass is 945 g/mol. The third-order valence-electron chi connectivity index (χ3n) is 15.1. The lowest BCUT2D eigenvalue weighted by atomic mass is 9.84. The van der Waals surface area contributed by atoms with Crippen molar-refractivity contribution in [2.45, 2.75) is 122 Å². The maximum absolute atomic E-state index is 14.9. The van der Waals surface area contributed by atoms with E-state index in [0.29, 0.717) is 50.9 Å². The summed E-state index contributed by atoms with van der Waals surface area (Å²) in [6.07, 6.45) is 6.63. The fourth-order valence-corrected chi connectivity index (χ4v) is 11.3. The molecule has 4 amide bonds. The molecule has 4 aromatic rings. The number of nitrogens with one attached hydrogen (secondary N) is 3. The van der Waals surface area contributed by atoms with Crippen LogP contribution in [0.2, 0.25) is 0 Å². The predicted octanol–water partition coefficient (Wildman–Crippen LogP) is 5.29. The van der Waals surface area contributed by atoms with Crippen molar-refractivity contribution >= 4 is 40.5 Å². The molecule has 2 aromatic carbocycles. The number of methoxy groups -OCH3 is 1. The highest BCUT2D eigenvalue weighted by molar-refractivity contribution is 6.03. The summed E-state index contributed by atoms with van der Waals surface area (Å²) in [5, 5.41) is 20.1. The number of phenols is 1. The Hall–Kier alpha value is -5.84. The number of aromatic nitrogens is 2. The van der Waals surface area contributed by atoms with Crippen molar-refractivity contribution in [3.05, 3.63) is 71.5 Å². The number of aromatic hydroxyl groups is 1. The lowest BCUT2D eigenvalue weighted by molar-refractivity contribution is -0.155. The molecule has 0 unspecified atom stereocenters. The van der Waals surface area contributed by atoms with Gasteiger partial charge in [0.05, 0.1) is 24.1 Å². The third kappa shape index (κ3) is 9.98. The Kier molecular flexibility index (Phi) is 13.9. The van der Waals surface area contributed by atoms with Crippen LogP contribution in [0.4, 0.5) is 0 Å². The molecule has 5 aliphatic rings. The number of ether oxygens (including phenoxy) is 2. The van der Waals surface area contributed by atoms with Gasteiger partial charge in [0.1, 0.15) is 29.8 Å². The second-order valence-corrected chi connectivity index (χ2v) is 20.7. The van der Waals surface area contributed by atoms with E-state index in [1.807, 2.05) is 25.1 Å². The van der Waals surface area contributed by atoms with Crippen molar-refractivity contribution in [2.24, 2.45) is 17.3 Å². The van der Waals surface area contributed by atoms with Crippen molar-refractivity contribution in [3.63, 3.8) is 0 Å². The quantitative estimate of drug-likeness (QED) is 0.0867. The molecule has 1 aliphatic carbocycles. The molecule has 6 heterocycles. The number of pyridine rings is 1. The summed E-state index contributed by atoms with van der Waals surface area (Å²) in [6, 6.07) is 12.9. The molecule has 9 rings (SSSR count). The van der Waals surface area contributed by atoms with Crippen LogP contribution < -0.4 is 16.1 Å². The number of esters is 1. The Morgan fingerprint density at radius 1 is 1.01 bits per heavy atom. The minimum atomic E-state index is -1.16. The zero-order valence-corrected chi connectivity index (χ0v) is 40.9. The van der Waals surface area contributed by atoms with Gasteiger partial charge in [0.25, 0.3) is 5.91 Å². The molecule has 6 bridgehead atoms. The number of amides is 4. The van der Waals surface area contributed by atoms with E-state index in [0.717, 1.165) is 76.8 Å². The second kappa shape index (κ2) is 19.9. The highest BCUT2D eigenvalue weighted by atomic mass is 16.5. The van der Waals surface area contributed by atoms with Crippen molar-refractivity contribution in [2.75, 3.05) is 46.9 Å². The first-order valence-corrected chi connectivity index (χ1v) is 24.9. The SMILES string of the molecule is CCn1c(-c2cccnc2[C@H](C)OC)c2c3cc(ccc31)-c1cc(O)cc(c1)C[C@H](NC(=O)[C@H](C1CCCC1)N(C)C(=O)[C@H]1CCN(C[C@H]3CN3)C1=O)C(=O)N1CCC[C@H](N1)C(=O)OCC(C)(C)C2. The molecule has 6 atom stereocenters. The maximum Gasteiger partial charge on any atom is 0.324 e. The number of nitrogens with zero attached hydrogens (tertiary/aromatic N) is 5. The number of hydrazine groups is 1. The standard InChI is InChI=1S/C53H68N8O8/c1-7-60-44-17-16-34-26-40(44)41(47(60)38-14-10-19-54-45(38)31(2)68-6)27-53(3,4)30-69-52(67)42-15-11-20-61(57-42)51(66)43(24-32-22-35(34)25-37(62)23-32)56-48(63)46(33-12-8-9-13-33)58(5)49(64)39-18-21-59(50(39)65)29-36-28-55-36/h10,14,16-17,19,22-23,25-26,31,33,36,39,42-43,46,55,57,62H,7-9,11-13,15,18,20-21,24,27-30H2,1-6H3,(H,56,63)/t31-,36+,39+,42-,43-,46-/m0/s1. The highest BCUT2D eigenvalue weighted by Gasteiger charge is 2.45. The van der Waals surface area contributed by atoms with E-state index in [9.17, 15) is 29.1 Å². The number of likely N-dealkylation sites (tertiary alicyclic amines) is 1. The van der Waals surface area contributed by atoms with E-state index in [-0.39, 0.29) is 55.2 Å². The first-order valence-electron chi connectivity index (χ1n) is 24.9. The van der Waals surface area contributed by atoms with Gasteiger partial charge in [-0.2, -0.15) is 0 Å². The second-order valence-electron chi connectivity index (χ2n) is 20.7. The summed E-state index contributed by atoms with van der Waals surface area (Å²) < 4.78 is 14.3. The van der Waals surface area contributed by atoms with Crippen LogP contribution >= 0.6 is 0 Å². The van der Waals surface area contributed by atoms with E-state index in [2.05, 4.69) is 59.6 Å². The first kappa shape index (κ1) is 48.2. The summed E-state index contributed by atoms with van der Waals surface area (Å²) in [6.45, 7) is 11.2. The van der Waals surface area contributed by atoms with E-state index in [1.165, 1.54) is 9.91 Å². The number of phenolic OH excluding ortho intramolecular Hbond substituents is 1. The Bertz CT molecular complexity index is 2620. The summed E-state index contributed by atoms with van der Waals surface area (Å²) in [7, 11) is 3.28. The average Bonchev–Trinajstić information content (AvgIpc) is 3.71. The van der Waals surface area contributed by atoms with E-state index < -0.39 is 47.2 Å². The number of carbonyl (C=O) groups is 5. The Morgan fingerprint density at radius 2 is 1.80 bits per heavy atom. The van der Waals surface area contributed by atoms with Gasteiger partial charge in [-0.1, -0.05) is 38.8 Å². The number of aryl methyl sites for hydroxylation is 1. The van der Waals surface area contributed by atoms with Crippen LogP contribution in [-0.4, -0.2) is 130 Å². The van der Waals surface area contributed by atoms with Crippen molar-refractivity contribution in [1.82, 2.24) is 40.4 Å². The molecule has 0 radical (unpaired) electrons. The average molecular weight is 945 g/mol. The lowest BCUT2D eigenvalue weighted by Crippen LogP contribution is -2.62. The Morgan fingerprint density at radius 3 is 2.54 bits per heavy atom. The van der Waals surface area contributed by atoms with Gasteiger partial charge in [-0.05, 0) is 117 Å². The molecule has 4 N–H and O–H groups in total. The number of rotatable bonds is 11. The van der Waals surface area contributed by atoms with Crippen LogP contribution in [0.3, 0.4) is 0 Å². The molecule has 0 spiro atoms. The van der Waals surface area contributed by atoms with Crippen molar-refractivity contribution in [3.8, 4) is 28.1 Å². The number of hydrogen-bond acceptors (Lipinski definition) is 11. The number of benzene rings is 2. The molecule has 1 saturated carbocycles. The minimum Gasteiger partial charge on any atom is -0.508 e. The lowest BCUT2D eigenvalue weighted by Gasteiger charge is -2.37. The zero-order chi connectivity index (χ0) is 48.7. The van der Waals surface area contributed by atoms with Gasteiger partial charge >= 0.3 is 5.97 Å². The van der Waals surface area contributed by atoms with Gasteiger partial charge < -0.3 is 39.6 Å². The smallest absolute Gasteiger partial charge is 0.324 e. The van der Waals surface area contributed by atoms with Crippen LogP contribution in [0.1, 0.15) is 95.6 Å². The number of likely N-dealkylation sites (N-methyl/N-ethyl adjacent to an activating group) is 1. The molecule has 16 nitrogen and oxygen atoms in total. The maximum atomic E-state index is 14.9. The Balaban J connectivity index is 1.10. The van der Waals surface area contributed by atoms with Gasteiger partial charge in [0.15, 0.2) is 0 Å². The Labute approximate surface area is 404 Å². The number of hydrogen-bond donors (Lipinski definition) is 4. The predicted molar refractivity (Wildman–Crippen MR) is 260 cm³/mol. The fourth-order valence-electron chi connectivity index (χ4n) is 11.3. The van der Waals surface area contributed by atoms with Crippen LogP contribution in [0.25, 0.3) is 33.3 Å². The van der Waals surface area contributed by atoms with Crippen molar-refractivity contribution < 1.29 is 38.6 Å². The van der Waals surface area contributed by atoms with Crippen LogP contribution in [0, 0.1) is 17.3 Å². The molecular weight excluding hydrogens is 877 g/mol. The van der Waals surface area contributed by atoms with E-state index in [1.54, 1.807) is 37.4 Å². The molecular formula is C53H68N8O8. The minimum absolute atomic E-state index is 0.000894. The van der Waals surface area contributed by atoms with Crippen molar-refractivity contribution in [1.29, 1.82) is 0 Å². The van der Waals surface area contributed by atoms with Gasteiger partial charge in [-0.15, -0.1) is 0 Å². The van der Waals surface area contributed by atoms with Gasteiger partial charge in [0, 0.05) is 87.4 Å². The molecule has 4 aliphatic heterocycles. The first-order chi connectivity index (χ1) is 33.1. The molecule has 4 fully saturated rings. The topological polar surface area (TPSA) is 198 Å². The molecule has 3 saturated heterocycles. The van der Waals surface area contributed by atoms with Crippen LogP contribution in [0.15, 0.2) is 54.7 Å². The van der Waals surface area contributed by atoms with Crippen LogP contribution in [0.5, 0.6) is 5.75 Å². The zero-order valence-electron chi connectivity index (χ0n) is 40.9. The third-order valence-corrected chi connectivity index (χ3v) is 15.1. The number of fused-ring (bicyclic) bond motifs is 6. The van der Waals surface area contributed by atoms with Crippen LogP contribution in [-0.2, 0) is 52.8 Å². The van der Waals surface area contributed by atoms with Gasteiger partial charge in [-0.3, -0.25) is 34.0 Å². The highest BCUT2D eigenvalue weighted by Crippen LogP contribution is 2.42. The normalized spacial score (nSPS) is 23.9.